The van der Waals surface area contributed by atoms with Crippen LogP contribution in [0.25, 0.3) is 0 Å². The molecule has 1 amide bonds. The number of rotatable bonds is 3. The minimum Gasteiger partial charge on any atom is -0.371 e. The highest BCUT2D eigenvalue weighted by molar-refractivity contribution is 6.30. The third-order valence-electron chi connectivity index (χ3n) is 5.04. The van der Waals surface area contributed by atoms with Gasteiger partial charge in [-0.1, -0.05) is 23.7 Å². The zero-order chi connectivity index (χ0) is 18.1. The number of nitrogens with zero attached hydrogens (tertiary/aromatic N) is 1. The number of pyridine rings is 1. The predicted octanol–water partition coefficient (Wildman–Crippen LogP) is 1.97. The first-order valence-electron chi connectivity index (χ1n) is 8.69. The van der Waals surface area contributed by atoms with Crippen LogP contribution in [0, 0.1) is 0 Å². The quantitative estimate of drug-likeness (QED) is 0.862. The van der Waals surface area contributed by atoms with Gasteiger partial charge in [-0.2, -0.15) is 0 Å². The number of fused-ring (bicyclic) bond motifs is 1. The lowest BCUT2D eigenvalue weighted by atomic mass is 10.1. The fourth-order valence-electron chi connectivity index (χ4n) is 3.68. The first-order chi connectivity index (χ1) is 12.6. The molecule has 2 saturated heterocycles. The molecule has 2 aromatic rings. The first kappa shape index (κ1) is 17.3. The van der Waals surface area contributed by atoms with Crippen molar-refractivity contribution in [1.29, 1.82) is 0 Å². The smallest absolute Gasteiger partial charge is 0.253 e. The Morgan fingerprint density at radius 2 is 2.00 bits per heavy atom. The second-order valence-electron chi connectivity index (χ2n) is 6.83. The molecule has 1 aromatic carbocycles. The van der Waals surface area contributed by atoms with Crippen LogP contribution in [0.15, 0.2) is 47.4 Å². The summed E-state index contributed by atoms with van der Waals surface area (Å²) >= 11 is 5.96. The Kier molecular flexibility index (Phi) is 4.80. The van der Waals surface area contributed by atoms with Crippen LogP contribution >= 0.6 is 11.6 Å². The van der Waals surface area contributed by atoms with E-state index >= 15 is 0 Å². The summed E-state index contributed by atoms with van der Waals surface area (Å²) in [5.74, 6) is -0.165. The van der Waals surface area contributed by atoms with Crippen molar-refractivity contribution in [3.05, 3.63) is 69.1 Å². The van der Waals surface area contributed by atoms with Crippen LogP contribution in [0.5, 0.6) is 0 Å². The lowest BCUT2D eigenvalue weighted by molar-refractivity contribution is -0.0502. The molecule has 7 heteroatoms. The van der Waals surface area contributed by atoms with Gasteiger partial charge in [-0.3, -0.25) is 14.5 Å². The van der Waals surface area contributed by atoms with Gasteiger partial charge in [0.05, 0.1) is 18.3 Å². The molecule has 4 rings (SSSR count). The number of nitrogens with one attached hydrogen (secondary N) is 2. The van der Waals surface area contributed by atoms with Crippen LogP contribution in [0.2, 0.25) is 5.02 Å². The second kappa shape index (κ2) is 7.23. The molecule has 3 atom stereocenters. The summed E-state index contributed by atoms with van der Waals surface area (Å²) in [7, 11) is 0. The maximum atomic E-state index is 12.3. The highest BCUT2D eigenvalue weighted by Crippen LogP contribution is 2.30. The highest BCUT2D eigenvalue weighted by atomic mass is 35.5. The van der Waals surface area contributed by atoms with Crippen LogP contribution in [0.4, 0.5) is 0 Å². The molecule has 0 unspecified atom stereocenters. The van der Waals surface area contributed by atoms with E-state index in [4.69, 9.17) is 16.3 Å². The molecular formula is C19H20ClN3O3. The lowest BCUT2D eigenvalue weighted by Gasteiger charge is -2.35. The number of hydrogen-bond acceptors (Lipinski definition) is 4. The molecule has 0 aliphatic carbocycles. The van der Waals surface area contributed by atoms with Gasteiger partial charge in [0, 0.05) is 42.5 Å². The molecule has 26 heavy (non-hydrogen) atoms. The molecule has 1 aromatic heterocycles. The molecule has 0 saturated carbocycles. The number of ether oxygens (including phenoxy) is 1. The van der Waals surface area contributed by atoms with Crippen molar-refractivity contribution >= 4 is 17.5 Å². The number of aromatic amines is 1. The zero-order valence-electron chi connectivity index (χ0n) is 14.2. The summed E-state index contributed by atoms with van der Waals surface area (Å²) in [4.78, 5) is 28.4. The van der Waals surface area contributed by atoms with E-state index in [-0.39, 0.29) is 23.6 Å². The molecule has 2 aliphatic rings. The zero-order valence-corrected chi connectivity index (χ0v) is 14.9. The number of morpholine rings is 1. The van der Waals surface area contributed by atoms with Gasteiger partial charge in [-0.25, -0.2) is 0 Å². The monoisotopic (exact) mass is 373 g/mol. The van der Waals surface area contributed by atoms with E-state index in [1.165, 1.54) is 18.3 Å². The SMILES string of the molecule is O=C(N[C@@H]1C[C@H]2CO[C@@H](c3ccc(Cl)cc3)CN2C1)c1ccc(=O)[nH]c1. The Morgan fingerprint density at radius 1 is 1.19 bits per heavy atom. The minimum absolute atomic E-state index is 0.0252. The van der Waals surface area contributed by atoms with Crippen LogP contribution in [0.1, 0.15) is 28.4 Å². The highest BCUT2D eigenvalue weighted by Gasteiger charge is 2.38. The molecule has 0 bridgehead atoms. The van der Waals surface area contributed by atoms with Gasteiger partial charge in [-0.05, 0) is 30.2 Å². The minimum atomic E-state index is -0.218. The predicted molar refractivity (Wildman–Crippen MR) is 98.4 cm³/mol. The van der Waals surface area contributed by atoms with Crippen molar-refractivity contribution in [2.75, 3.05) is 19.7 Å². The van der Waals surface area contributed by atoms with E-state index in [0.717, 1.165) is 25.1 Å². The van der Waals surface area contributed by atoms with E-state index in [9.17, 15) is 9.59 Å². The van der Waals surface area contributed by atoms with Crippen molar-refractivity contribution in [2.24, 2.45) is 0 Å². The second-order valence-corrected chi connectivity index (χ2v) is 7.27. The molecule has 0 radical (unpaired) electrons. The van der Waals surface area contributed by atoms with E-state index in [2.05, 4.69) is 15.2 Å². The summed E-state index contributed by atoms with van der Waals surface area (Å²) in [5, 5.41) is 3.77. The number of carbonyl (C=O) groups is 1. The number of H-pyrrole nitrogens is 1. The number of aromatic nitrogens is 1. The maximum absolute atomic E-state index is 12.3. The average Bonchev–Trinajstić information content (AvgIpc) is 3.04. The van der Waals surface area contributed by atoms with Crippen LogP contribution in [-0.4, -0.2) is 47.6 Å². The number of benzene rings is 1. The van der Waals surface area contributed by atoms with Crippen LogP contribution < -0.4 is 10.9 Å². The Morgan fingerprint density at radius 3 is 2.73 bits per heavy atom. The fourth-order valence-corrected chi connectivity index (χ4v) is 3.80. The molecule has 2 aliphatic heterocycles. The summed E-state index contributed by atoms with van der Waals surface area (Å²) in [5.41, 5.74) is 1.36. The lowest BCUT2D eigenvalue weighted by Crippen LogP contribution is -2.43. The van der Waals surface area contributed by atoms with Crippen molar-refractivity contribution < 1.29 is 9.53 Å². The normalized spacial score (nSPS) is 25.7. The van der Waals surface area contributed by atoms with Gasteiger partial charge in [0.15, 0.2) is 0 Å². The molecule has 0 spiro atoms. The molecule has 136 valence electrons. The van der Waals surface area contributed by atoms with Crippen molar-refractivity contribution in [2.45, 2.75) is 24.6 Å². The molecular weight excluding hydrogens is 354 g/mol. The van der Waals surface area contributed by atoms with Gasteiger partial charge in [0.2, 0.25) is 5.56 Å². The van der Waals surface area contributed by atoms with Gasteiger partial charge in [-0.15, -0.1) is 0 Å². The van der Waals surface area contributed by atoms with E-state index in [0.29, 0.717) is 23.2 Å². The summed E-state index contributed by atoms with van der Waals surface area (Å²) < 4.78 is 6.03. The largest absolute Gasteiger partial charge is 0.371 e. The Labute approximate surface area is 156 Å². The molecule has 2 N–H and O–H groups in total. The Balaban J connectivity index is 1.37. The van der Waals surface area contributed by atoms with E-state index < -0.39 is 0 Å². The van der Waals surface area contributed by atoms with Crippen LogP contribution in [-0.2, 0) is 4.74 Å². The number of amides is 1. The molecule has 6 nitrogen and oxygen atoms in total. The van der Waals surface area contributed by atoms with Crippen molar-refractivity contribution in [1.82, 2.24) is 15.2 Å². The topological polar surface area (TPSA) is 74.4 Å². The number of carbonyl (C=O) groups excluding carboxylic acids is 1. The van der Waals surface area contributed by atoms with Gasteiger partial charge in [0.1, 0.15) is 0 Å². The number of hydrogen-bond donors (Lipinski definition) is 2. The van der Waals surface area contributed by atoms with Crippen molar-refractivity contribution in [3.8, 4) is 0 Å². The van der Waals surface area contributed by atoms with Crippen LogP contribution in [0.3, 0.4) is 0 Å². The van der Waals surface area contributed by atoms with E-state index in [1.807, 2.05) is 24.3 Å². The van der Waals surface area contributed by atoms with Gasteiger partial charge < -0.3 is 15.0 Å². The Bertz CT molecular complexity index is 831. The maximum Gasteiger partial charge on any atom is 0.253 e. The summed E-state index contributed by atoms with van der Waals surface area (Å²) in [6.07, 6.45) is 2.33. The average molecular weight is 374 g/mol. The number of halogens is 1. The standard InChI is InChI=1S/C19H20ClN3O3/c20-14-4-1-12(2-5-14)17-10-23-9-15(7-16(23)11-26-17)22-19(25)13-3-6-18(24)21-8-13/h1-6,8,15-17H,7,9-11H2,(H,21,24)(H,22,25)/t15-,16+,17-/m1/s1. The van der Waals surface area contributed by atoms with Gasteiger partial charge in [0.25, 0.3) is 5.91 Å². The van der Waals surface area contributed by atoms with Gasteiger partial charge >= 0.3 is 0 Å². The van der Waals surface area contributed by atoms with E-state index in [1.54, 1.807) is 0 Å². The molecule has 3 heterocycles. The third-order valence-corrected chi connectivity index (χ3v) is 5.29. The molecule has 2 fully saturated rings. The fraction of sp³-hybridized carbons (Fsp3) is 0.368. The van der Waals surface area contributed by atoms with Crippen molar-refractivity contribution in [3.63, 3.8) is 0 Å². The summed E-state index contributed by atoms with van der Waals surface area (Å²) in [6, 6.07) is 11.0. The third kappa shape index (κ3) is 3.67. The Hall–Kier alpha value is -2.15. The first-order valence-corrected chi connectivity index (χ1v) is 9.07. The summed E-state index contributed by atoms with van der Waals surface area (Å²) in [6.45, 7) is 2.25.